The van der Waals surface area contributed by atoms with E-state index in [1.54, 1.807) is 6.92 Å². The third-order valence-corrected chi connectivity index (χ3v) is 4.52. The lowest BCUT2D eigenvalue weighted by atomic mass is 9.97. The second-order valence-electron chi connectivity index (χ2n) is 6.91. The molecule has 0 radical (unpaired) electrons. The van der Waals surface area contributed by atoms with Gasteiger partial charge in [0.2, 0.25) is 5.91 Å². The number of carboxylic acid groups (broad SMARTS) is 1. The number of rotatable bonds is 5. The van der Waals surface area contributed by atoms with E-state index < -0.39 is 5.97 Å². The Hall–Kier alpha value is -1.06. The highest BCUT2D eigenvalue weighted by Gasteiger charge is 2.15. The summed E-state index contributed by atoms with van der Waals surface area (Å²) in [6.45, 7) is 1.79. The maximum Gasteiger partial charge on any atom is 0.220 e. The molecule has 22 heavy (non-hydrogen) atoms. The second-order valence-corrected chi connectivity index (χ2v) is 6.91. The molecule has 0 aromatic heterocycles. The van der Waals surface area contributed by atoms with Crippen LogP contribution in [0.2, 0.25) is 0 Å². The predicted octanol–water partition coefficient (Wildman–Crippen LogP) is 2.94. The van der Waals surface area contributed by atoms with Crippen molar-refractivity contribution < 1.29 is 14.7 Å². The van der Waals surface area contributed by atoms with Gasteiger partial charge in [-0.05, 0) is 25.2 Å². The van der Waals surface area contributed by atoms with Crippen molar-refractivity contribution in [2.45, 2.75) is 96.4 Å². The molecule has 0 heterocycles. The minimum Gasteiger partial charge on any atom is -0.550 e. The maximum atomic E-state index is 12.1. The number of hydrogen-bond acceptors (Lipinski definition) is 3. The third-order valence-electron chi connectivity index (χ3n) is 4.52. The minimum atomic E-state index is -1.08. The molecular formula is C18H32NO3-. The van der Waals surface area contributed by atoms with Crippen molar-refractivity contribution in [2.75, 3.05) is 0 Å². The Morgan fingerprint density at radius 3 is 1.82 bits per heavy atom. The molecular weight excluding hydrogens is 278 g/mol. The summed E-state index contributed by atoms with van der Waals surface area (Å²) < 4.78 is 0. The SMILES string of the molecule is C[C@@H](CC(=O)[O-])CC(=O)NC1CCCCCCCCCCC1. The molecule has 0 aromatic rings. The van der Waals surface area contributed by atoms with Gasteiger partial charge in [0.25, 0.3) is 0 Å². The fraction of sp³-hybridized carbons (Fsp3) is 0.889. The number of hydrogen-bond donors (Lipinski definition) is 1. The highest BCUT2D eigenvalue weighted by Crippen LogP contribution is 2.17. The normalized spacial score (nSPS) is 20.4. The standard InChI is InChI=1S/C18H33NO3/c1-15(14-18(21)22)13-17(20)19-16-11-9-7-5-3-2-4-6-8-10-12-16/h15-16H,2-14H2,1H3,(H,19,20)(H,21,22)/p-1/t15-/m1/s1. The van der Waals surface area contributed by atoms with Gasteiger partial charge in [-0.15, -0.1) is 0 Å². The fourth-order valence-corrected chi connectivity index (χ4v) is 3.27. The number of carboxylic acids is 1. The molecule has 0 unspecified atom stereocenters. The number of aliphatic carboxylic acids is 1. The van der Waals surface area contributed by atoms with E-state index in [9.17, 15) is 14.7 Å². The lowest BCUT2D eigenvalue weighted by molar-refractivity contribution is -0.306. The Morgan fingerprint density at radius 1 is 0.909 bits per heavy atom. The van der Waals surface area contributed by atoms with Crippen LogP contribution in [0.5, 0.6) is 0 Å². The van der Waals surface area contributed by atoms with E-state index in [1.807, 2.05) is 0 Å². The van der Waals surface area contributed by atoms with Gasteiger partial charge in [-0.2, -0.15) is 0 Å². The van der Waals surface area contributed by atoms with E-state index in [1.165, 1.54) is 57.8 Å². The average Bonchev–Trinajstić information content (AvgIpc) is 2.40. The Kier molecular flexibility index (Phi) is 9.93. The molecule has 0 aromatic carbocycles. The summed E-state index contributed by atoms with van der Waals surface area (Å²) in [6.07, 6.45) is 13.9. The van der Waals surface area contributed by atoms with Gasteiger partial charge in [-0.25, -0.2) is 0 Å². The van der Waals surface area contributed by atoms with Gasteiger partial charge in [0.1, 0.15) is 0 Å². The lowest BCUT2D eigenvalue weighted by Crippen LogP contribution is -2.36. The van der Waals surface area contributed by atoms with Crippen molar-refractivity contribution in [3.8, 4) is 0 Å². The van der Waals surface area contributed by atoms with Crippen molar-refractivity contribution in [3.05, 3.63) is 0 Å². The Morgan fingerprint density at radius 2 is 1.36 bits per heavy atom. The van der Waals surface area contributed by atoms with Gasteiger partial charge in [-0.3, -0.25) is 4.79 Å². The molecule has 0 aliphatic heterocycles. The van der Waals surface area contributed by atoms with Gasteiger partial charge in [0.05, 0.1) is 0 Å². The highest BCUT2D eigenvalue weighted by atomic mass is 16.4. The van der Waals surface area contributed by atoms with Crippen LogP contribution < -0.4 is 10.4 Å². The Labute approximate surface area is 135 Å². The van der Waals surface area contributed by atoms with Crippen LogP contribution in [0.15, 0.2) is 0 Å². The first-order valence-corrected chi connectivity index (χ1v) is 9.07. The first-order chi connectivity index (χ1) is 10.6. The van der Waals surface area contributed by atoms with Crippen molar-refractivity contribution in [2.24, 2.45) is 5.92 Å². The fourth-order valence-electron chi connectivity index (χ4n) is 3.27. The van der Waals surface area contributed by atoms with Crippen LogP contribution >= 0.6 is 0 Å². The molecule has 1 N–H and O–H groups in total. The molecule has 1 aliphatic rings. The van der Waals surface area contributed by atoms with Gasteiger partial charge >= 0.3 is 0 Å². The molecule has 4 heteroatoms. The minimum absolute atomic E-state index is 0.00848. The van der Waals surface area contributed by atoms with Crippen molar-refractivity contribution >= 4 is 11.9 Å². The summed E-state index contributed by atoms with van der Waals surface area (Å²) in [5, 5.41) is 13.7. The maximum absolute atomic E-state index is 12.1. The van der Waals surface area contributed by atoms with Crippen LogP contribution in [-0.4, -0.2) is 17.9 Å². The zero-order chi connectivity index (χ0) is 16.2. The number of nitrogens with one attached hydrogen (secondary N) is 1. The van der Waals surface area contributed by atoms with Crippen LogP contribution in [-0.2, 0) is 9.59 Å². The van der Waals surface area contributed by atoms with Crippen LogP contribution in [0, 0.1) is 5.92 Å². The average molecular weight is 310 g/mol. The number of amides is 1. The van der Waals surface area contributed by atoms with Gasteiger partial charge in [0.15, 0.2) is 0 Å². The molecule has 1 saturated carbocycles. The lowest BCUT2D eigenvalue weighted by Gasteiger charge is -2.21. The van der Waals surface area contributed by atoms with Crippen LogP contribution in [0.4, 0.5) is 0 Å². The second kappa shape index (κ2) is 11.5. The van der Waals surface area contributed by atoms with Crippen LogP contribution in [0.25, 0.3) is 0 Å². The molecule has 1 amide bonds. The zero-order valence-corrected chi connectivity index (χ0v) is 14.1. The van der Waals surface area contributed by atoms with Gasteiger partial charge in [0, 0.05) is 18.4 Å². The molecule has 0 saturated heterocycles. The summed E-state index contributed by atoms with van der Waals surface area (Å²) in [6, 6.07) is 0.266. The summed E-state index contributed by atoms with van der Waals surface area (Å²) in [5.41, 5.74) is 0. The van der Waals surface area contributed by atoms with Crippen LogP contribution in [0.3, 0.4) is 0 Å². The van der Waals surface area contributed by atoms with Crippen molar-refractivity contribution in [3.63, 3.8) is 0 Å². The Balaban J connectivity index is 2.34. The highest BCUT2D eigenvalue weighted by molar-refractivity contribution is 5.77. The van der Waals surface area contributed by atoms with E-state index in [4.69, 9.17) is 0 Å². The summed E-state index contributed by atoms with van der Waals surface area (Å²) in [7, 11) is 0. The zero-order valence-electron chi connectivity index (χ0n) is 14.1. The van der Waals surface area contributed by atoms with Gasteiger partial charge in [-0.1, -0.05) is 64.7 Å². The number of carbonyl (C=O) groups is 2. The topological polar surface area (TPSA) is 69.2 Å². The molecule has 1 atom stereocenters. The van der Waals surface area contributed by atoms with Gasteiger partial charge < -0.3 is 15.2 Å². The third kappa shape index (κ3) is 9.80. The van der Waals surface area contributed by atoms with Crippen molar-refractivity contribution in [1.82, 2.24) is 5.32 Å². The molecule has 1 aliphatic carbocycles. The van der Waals surface area contributed by atoms with E-state index in [0.29, 0.717) is 0 Å². The number of carbonyl (C=O) groups excluding carboxylic acids is 2. The summed E-state index contributed by atoms with van der Waals surface area (Å²) in [5.74, 6) is -1.24. The molecule has 4 nitrogen and oxygen atoms in total. The molecule has 1 rings (SSSR count). The van der Waals surface area contributed by atoms with Crippen molar-refractivity contribution in [1.29, 1.82) is 0 Å². The van der Waals surface area contributed by atoms with E-state index in [2.05, 4.69) is 5.32 Å². The quantitative estimate of drug-likeness (QED) is 0.849. The van der Waals surface area contributed by atoms with E-state index >= 15 is 0 Å². The monoisotopic (exact) mass is 310 g/mol. The summed E-state index contributed by atoms with van der Waals surface area (Å²) in [4.78, 5) is 22.6. The molecule has 128 valence electrons. The van der Waals surface area contributed by atoms with E-state index in [0.717, 1.165) is 12.8 Å². The molecule has 0 bridgehead atoms. The molecule has 1 fully saturated rings. The Bertz CT molecular complexity index is 318. The molecule has 0 spiro atoms. The largest absolute Gasteiger partial charge is 0.550 e. The summed E-state index contributed by atoms with van der Waals surface area (Å²) >= 11 is 0. The first kappa shape index (κ1) is 19.0. The van der Waals surface area contributed by atoms with E-state index in [-0.39, 0.29) is 30.7 Å². The smallest absolute Gasteiger partial charge is 0.220 e. The predicted molar refractivity (Wildman–Crippen MR) is 86.1 cm³/mol. The first-order valence-electron chi connectivity index (χ1n) is 9.07. The van der Waals surface area contributed by atoms with Crippen LogP contribution in [0.1, 0.15) is 90.4 Å².